The predicted molar refractivity (Wildman–Crippen MR) is 80.7 cm³/mol. The third-order valence-electron chi connectivity index (χ3n) is 3.07. The molecule has 5 heteroatoms. The first kappa shape index (κ1) is 12.9. The van der Waals surface area contributed by atoms with E-state index < -0.39 is 0 Å². The Hall–Kier alpha value is -3.08. The van der Waals surface area contributed by atoms with Crippen molar-refractivity contribution in [1.29, 1.82) is 0 Å². The first-order valence-corrected chi connectivity index (χ1v) is 6.39. The molecule has 21 heavy (non-hydrogen) atoms. The standard InChI is InChI=1S/C16H13N3O2/c17-14-4-2-1-3-13(14)16(20)19-12-7-5-11(6-8-12)15-9-18-10-21-15/h1-10H,17H2,(H,19,20). The summed E-state index contributed by atoms with van der Waals surface area (Å²) in [6, 6.07) is 14.3. The van der Waals surface area contributed by atoms with Gasteiger partial charge in [0.05, 0.1) is 11.8 Å². The van der Waals surface area contributed by atoms with E-state index in [1.54, 1.807) is 42.6 Å². The Morgan fingerprint density at radius 1 is 1.10 bits per heavy atom. The van der Waals surface area contributed by atoms with E-state index in [9.17, 15) is 4.79 Å². The van der Waals surface area contributed by atoms with E-state index in [1.165, 1.54) is 6.39 Å². The zero-order valence-corrected chi connectivity index (χ0v) is 11.1. The van der Waals surface area contributed by atoms with Crippen molar-refractivity contribution >= 4 is 17.3 Å². The maximum absolute atomic E-state index is 12.1. The Bertz CT molecular complexity index is 749. The fraction of sp³-hybridized carbons (Fsp3) is 0. The fourth-order valence-electron chi connectivity index (χ4n) is 1.98. The molecule has 0 aliphatic rings. The smallest absolute Gasteiger partial charge is 0.257 e. The van der Waals surface area contributed by atoms with Gasteiger partial charge in [-0.2, -0.15) is 0 Å². The quantitative estimate of drug-likeness (QED) is 0.721. The molecule has 2 aromatic carbocycles. The number of hydrogen-bond acceptors (Lipinski definition) is 4. The van der Waals surface area contributed by atoms with E-state index in [-0.39, 0.29) is 5.91 Å². The molecule has 1 heterocycles. The van der Waals surface area contributed by atoms with Crippen molar-refractivity contribution in [2.45, 2.75) is 0 Å². The largest absolute Gasteiger partial charge is 0.444 e. The first-order valence-electron chi connectivity index (χ1n) is 6.39. The van der Waals surface area contributed by atoms with Crippen molar-refractivity contribution in [1.82, 2.24) is 4.98 Å². The highest BCUT2D eigenvalue weighted by atomic mass is 16.3. The average Bonchev–Trinajstić information content (AvgIpc) is 3.02. The highest BCUT2D eigenvalue weighted by molar-refractivity contribution is 6.07. The van der Waals surface area contributed by atoms with Crippen LogP contribution in [0.5, 0.6) is 0 Å². The monoisotopic (exact) mass is 279 g/mol. The number of rotatable bonds is 3. The Labute approximate surface area is 121 Å². The fourth-order valence-corrected chi connectivity index (χ4v) is 1.98. The van der Waals surface area contributed by atoms with Gasteiger partial charge in [0.1, 0.15) is 0 Å². The summed E-state index contributed by atoms with van der Waals surface area (Å²) in [6.07, 6.45) is 3.02. The summed E-state index contributed by atoms with van der Waals surface area (Å²) in [6.45, 7) is 0. The normalized spacial score (nSPS) is 10.3. The maximum Gasteiger partial charge on any atom is 0.257 e. The molecule has 0 radical (unpaired) electrons. The molecule has 0 aliphatic heterocycles. The second kappa shape index (κ2) is 5.50. The van der Waals surface area contributed by atoms with Gasteiger partial charge >= 0.3 is 0 Å². The molecule has 0 fully saturated rings. The van der Waals surface area contributed by atoms with E-state index in [1.807, 2.05) is 12.1 Å². The SMILES string of the molecule is Nc1ccccc1C(=O)Nc1ccc(-c2cnco2)cc1. The number of amides is 1. The molecule has 3 aromatic rings. The number of nitrogen functional groups attached to an aromatic ring is 1. The Morgan fingerprint density at radius 2 is 1.86 bits per heavy atom. The Balaban J connectivity index is 1.77. The number of nitrogens with zero attached hydrogens (tertiary/aromatic N) is 1. The zero-order valence-electron chi connectivity index (χ0n) is 11.1. The van der Waals surface area contributed by atoms with Crippen LogP contribution in [-0.2, 0) is 0 Å². The lowest BCUT2D eigenvalue weighted by Gasteiger charge is -2.07. The van der Waals surface area contributed by atoms with Gasteiger partial charge in [0.25, 0.3) is 5.91 Å². The minimum Gasteiger partial charge on any atom is -0.444 e. The van der Waals surface area contributed by atoms with Crippen LogP contribution in [0.2, 0.25) is 0 Å². The van der Waals surface area contributed by atoms with Gasteiger partial charge in [-0.15, -0.1) is 0 Å². The van der Waals surface area contributed by atoms with Crippen LogP contribution >= 0.6 is 0 Å². The van der Waals surface area contributed by atoms with E-state index in [0.717, 1.165) is 5.56 Å². The summed E-state index contributed by atoms with van der Waals surface area (Å²) in [7, 11) is 0. The van der Waals surface area contributed by atoms with Gasteiger partial charge < -0.3 is 15.5 Å². The minimum atomic E-state index is -0.236. The van der Waals surface area contributed by atoms with E-state index in [2.05, 4.69) is 10.3 Å². The topological polar surface area (TPSA) is 81.2 Å². The van der Waals surface area contributed by atoms with E-state index in [4.69, 9.17) is 10.2 Å². The molecule has 0 saturated heterocycles. The maximum atomic E-state index is 12.1. The number of benzene rings is 2. The van der Waals surface area contributed by atoms with Crippen LogP contribution in [0, 0.1) is 0 Å². The van der Waals surface area contributed by atoms with Crippen LogP contribution in [0.3, 0.4) is 0 Å². The number of hydrogen-bond donors (Lipinski definition) is 2. The molecule has 0 atom stereocenters. The Kier molecular flexibility index (Phi) is 3.39. The first-order chi connectivity index (χ1) is 10.2. The van der Waals surface area contributed by atoms with Crippen molar-refractivity contribution in [2.75, 3.05) is 11.1 Å². The molecule has 0 aliphatic carbocycles. The summed E-state index contributed by atoms with van der Waals surface area (Å²) in [4.78, 5) is 16.0. The van der Waals surface area contributed by atoms with Gasteiger partial charge in [-0.05, 0) is 36.4 Å². The molecule has 0 unspecified atom stereocenters. The Morgan fingerprint density at radius 3 is 2.52 bits per heavy atom. The second-order valence-electron chi connectivity index (χ2n) is 4.48. The van der Waals surface area contributed by atoms with Gasteiger partial charge in [-0.3, -0.25) is 4.79 Å². The van der Waals surface area contributed by atoms with Gasteiger partial charge in [-0.25, -0.2) is 4.98 Å². The predicted octanol–water partition coefficient (Wildman–Crippen LogP) is 3.18. The number of nitrogens with two attached hydrogens (primary N) is 1. The number of aromatic nitrogens is 1. The molecular weight excluding hydrogens is 266 g/mol. The van der Waals surface area contributed by atoms with Crippen LogP contribution < -0.4 is 11.1 Å². The van der Waals surface area contributed by atoms with Crippen molar-refractivity contribution in [2.24, 2.45) is 0 Å². The van der Waals surface area contributed by atoms with E-state index >= 15 is 0 Å². The van der Waals surface area contributed by atoms with Crippen LogP contribution in [0.1, 0.15) is 10.4 Å². The van der Waals surface area contributed by atoms with Crippen LogP contribution in [-0.4, -0.2) is 10.9 Å². The van der Waals surface area contributed by atoms with Gasteiger partial charge in [0.2, 0.25) is 0 Å². The molecule has 0 saturated carbocycles. The molecule has 1 aromatic heterocycles. The molecular formula is C16H13N3O2. The number of oxazole rings is 1. The second-order valence-corrected chi connectivity index (χ2v) is 4.48. The lowest BCUT2D eigenvalue weighted by molar-refractivity contribution is 0.102. The number of carbonyl (C=O) groups excluding carboxylic acids is 1. The molecule has 3 N–H and O–H groups in total. The average molecular weight is 279 g/mol. The summed E-state index contributed by atoms with van der Waals surface area (Å²) in [5.74, 6) is 0.445. The molecule has 1 amide bonds. The molecule has 0 bridgehead atoms. The molecule has 104 valence electrons. The summed E-state index contributed by atoms with van der Waals surface area (Å²) in [5, 5.41) is 2.81. The third kappa shape index (κ3) is 2.76. The number of para-hydroxylation sites is 1. The van der Waals surface area contributed by atoms with Crippen LogP contribution in [0.15, 0.2) is 65.5 Å². The van der Waals surface area contributed by atoms with Gasteiger partial charge in [0.15, 0.2) is 12.2 Å². The molecule has 0 spiro atoms. The van der Waals surface area contributed by atoms with E-state index in [0.29, 0.717) is 22.7 Å². The van der Waals surface area contributed by atoms with Crippen LogP contribution in [0.4, 0.5) is 11.4 Å². The van der Waals surface area contributed by atoms with Gasteiger partial charge in [0, 0.05) is 16.9 Å². The molecule has 3 rings (SSSR count). The van der Waals surface area contributed by atoms with Crippen molar-refractivity contribution < 1.29 is 9.21 Å². The molecule has 5 nitrogen and oxygen atoms in total. The lowest BCUT2D eigenvalue weighted by Crippen LogP contribution is -2.13. The van der Waals surface area contributed by atoms with Crippen molar-refractivity contribution in [3.63, 3.8) is 0 Å². The zero-order chi connectivity index (χ0) is 14.7. The van der Waals surface area contributed by atoms with Crippen LogP contribution in [0.25, 0.3) is 11.3 Å². The number of carbonyl (C=O) groups is 1. The summed E-state index contributed by atoms with van der Waals surface area (Å²) >= 11 is 0. The lowest BCUT2D eigenvalue weighted by atomic mass is 10.1. The number of anilines is 2. The minimum absolute atomic E-state index is 0.236. The highest BCUT2D eigenvalue weighted by Gasteiger charge is 2.09. The highest BCUT2D eigenvalue weighted by Crippen LogP contribution is 2.21. The summed E-state index contributed by atoms with van der Waals surface area (Å²) in [5.41, 5.74) is 8.27. The number of nitrogens with one attached hydrogen (secondary N) is 1. The van der Waals surface area contributed by atoms with Gasteiger partial charge in [-0.1, -0.05) is 12.1 Å². The third-order valence-corrected chi connectivity index (χ3v) is 3.07. The van der Waals surface area contributed by atoms with Crippen molar-refractivity contribution in [3.8, 4) is 11.3 Å². The summed E-state index contributed by atoms with van der Waals surface area (Å²) < 4.78 is 5.21. The van der Waals surface area contributed by atoms with Crippen molar-refractivity contribution in [3.05, 3.63) is 66.7 Å².